The first-order chi connectivity index (χ1) is 9.20. The van der Waals surface area contributed by atoms with Crippen LogP contribution < -0.4 is 0 Å². The van der Waals surface area contributed by atoms with Gasteiger partial charge in [0.2, 0.25) is 11.8 Å². The molecule has 1 aliphatic heterocycles. The van der Waals surface area contributed by atoms with Gasteiger partial charge in [-0.2, -0.15) is 0 Å². The number of aliphatic hydroxyl groups is 1. The third-order valence-electron chi connectivity index (χ3n) is 3.34. The molecule has 2 heterocycles. The number of aryl methyl sites for hydroxylation is 1. The number of hydrogen-bond acceptors (Lipinski definition) is 5. The Labute approximate surface area is 111 Å². The normalized spacial score (nSPS) is 20.0. The Morgan fingerprint density at radius 1 is 1.42 bits per heavy atom. The van der Waals surface area contributed by atoms with E-state index in [4.69, 9.17) is 4.42 Å². The second-order valence-corrected chi connectivity index (χ2v) is 5.05. The van der Waals surface area contributed by atoms with E-state index in [1.54, 1.807) is 0 Å². The molecule has 0 aliphatic carbocycles. The monoisotopic (exact) mass is 259 g/mol. The minimum absolute atomic E-state index is 0.223. The van der Waals surface area contributed by atoms with Gasteiger partial charge in [0.05, 0.1) is 12.6 Å². The molecule has 1 aromatic carbocycles. The lowest BCUT2D eigenvalue weighted by molar-refractivity contribution is 0.171. The Kier molecular flexibility index (Phi) is 3.31. The molecule has 1 aromatic heterocycles. The van der Waals surface area contributed by atoms with Gasteiger partial charge in [-0.15, -0.1) is 10.2 Å². The van der Waals surface area contributed by atoms with E-state index in [-0.39, 0.29) is 6.10 Å². The summed E-state index contributed by atoms with van der Waals surface area (Å²) in [7, 11) is 0. The minimum Gasteiger partial charge on any atom is -0.419 e. The van der Waals surface area contributed by atoms with Crippen molar-refractivity contribution >= 4 is 0 Å². The molecular formula is C14H17N3O2. The fourth-order valence-electron chi connectivity index (χ4n) is 2.36. The van der Waals surface area contributed by atoms with E-state index >= 15 is 0 Å². The van der Waals surface area contributed by atoms with Crippen LogP contribution in [0.25, 0.3) is 11.5 Å². The van der Waals surface area contributed by atoms with Crippen molar-refractivity contribution in [2.24, 2.45) is 0 Å². The van der Waals surface area contributed by atoms with Gasteiger partial charge in [-0.25, -0.2) is 0 Å². The quantitative estimate of drug-likeness (QED) is 0.907. The van der Waals surface area contributed by atoms with Gasteiger partial charge in [-0.1, -0.05) is 17.7 Å². The highest BCUT2D eigenvalue weighted by molar-refractivity contribution is 5.53. The van der Waals surface area contributed by atoms with Gasteiger partial charge in [0.15, 0.2) is 0 Å². The Bertz CT molecular complexity index is 567. The number of rotatable bonds is 3. The van der Waals surface area contributed by atoms with Crippen molar-refractivity contribution in [1.82, 2.24) is 15.1 Å². The minimum atomic E-state index is -0.223. The molecule has 19 heavy (non-hydrogen) atoms. The SMILES string of the molecule is Cc1cccc(-c2nnc(CN3CC[C@H](O)C3)o2)c1. The van der Waals surface area contributed by atoms with Gasteiger partial charge in [-0.3, -0.25) is 4.90 Å². The number of benzene rings is 1. The van der Waals surface area contributed by atoms with Gasteiger partial charge in [0.25, 0.3) is 0 Å². The summed E-state index contributed by atoms with van der Waals surface area (Å²) in [4.78, 5) is 2.12. The fourth-order valence-corrected chi connectivity index (χ4v) is 2.36. The van der Waals surface area contributed by atoms with Gasteiger partial charge < -0.3 is 9.52 Å². The zero-order chi connectivity index (χ0) is 13.2. The number of likely N-dealkylation sites (tertiary alicyclic amines) is 1. The van der Waals surface area contributed by atoms with Gasteiger partial charge >= 0.3 is 0 Å². The van der Waals surface area contributed by atoms with E-state index in [0.29, 0.717) is 24.9 Å². The van der Waals surface area contributed by atoms with Crippen LogP contribution in [0.5, 0.6) is 0 Å². The average Bonchev–Trinajstić information content (AvgIpc) is 2.99. The van der Waals surface area contributed by atoms with E-state index in [2.05, 4.69) is 15.1 Å². The van der Waals surface area contributed by atoms with Crippen LogP contribution in [0.15, 0.2) is 28.7 Å². The fraction of sp³-hybridized carbons (Fsp3) is 0.429. The molecule has 1 N–H and O–H groups in total. The first-order valence-corrected chi connectivity index (χ1v) is 6.50. The van der Waals surface area contributed by atoms with E-state index in [1.165, 1.54) is 5.56 Å². The molecule has 2 aromatic rings. The standard InChI is InChI=1S/C14H17N3O2/c1-10-3-2-4-11(7-10)14-16-15-13(19-14)9-17-6-5-12(18)8-17/h2-4,7,12,18H,5-6,8-9H2,1H3/t12-/m0/s1. The van der Waals surface area contributed by atoms with Crippen LogP contribution in [0.2, 0.25) is 0 Å². The zero-order valence-corrected chi connectivity index (χ0v) is 10.9. The Morgan fingerprint density at radius 2 is 2.32 bits per heavy atom. The molecule has 0 unspecified atom stereocenters. The number of nitrogens with zero attached hydrogens (tertiary/aromatic N) is 3. The second kappa shape index (κ2) is 5.11. The highest BCUT2D eigenvalue weighted by atomic mass is 16.4. The molecule has 100 valence electrons. The first kappa shape index (κ1) is 12.3. The molecule has 1 atom stereocenters. The summed E-state index contributed by atoms with van der Waals surface area (Å²) in [6.07, 6.45) is 0.595. The average molecular weight is 259 g/mol. The lowest BCUT2D eigenvalue weighted by Crippen LogP contribution is -2.21. The molecule has 0 bridgehead atoms. The Morgan fingerprint density at radius 3 is 3.05 bits per heavy atom. The molecule has 0 amide bonds. The largest absolute Gasteiger partial charge is 0.419 e. The summed E-state index contributed by atoms with van der Waals surface area (Å²) in [5, 5.41) is 17.6. The van der Waals surface area contributed by atoms with E-state index in [9.17, 15) is 5.11 Å². The van der Waals surface area contributed by atoms with E-state index in [0.717, 1.165) is 18.5 Å². The van der Waals surface area contributed by atoms with Gasteiger partial charge in [0, 0.05) is 18.7 Å². The molecule has 3 rings (SSSR count). The van der Waals surface area contributed by atoms with Crippen molar-refractivity contribution in [2.75, 3.05) is 13.1 Å². The highest BCUT2D eigenvalue weighted by Crippen LogP contribution is 2.20. The van der Waals surface area contributed by atoms with E-state index < -0.39 is 0 Å². The lowest BCUT2D eigenvalue weighted by Gasteiger charge is -2.10. The van der Waals surface area contributed by atoms with Crippen LogP contribution in [0.1, 0.15) is 17.9 Å². The Hall–Kier alpha value is -1.72. The maximum Gasteiger partial charge on any atom is 0.247 e. The zero-order valence-electron chi connectivity index (χ0n) is 10.9. The molecule has 0 spiro atoms. The third kappa shape index (κ3) is 2.83. The van der Waals surface area contributed by atoms with Crippen LogP contribution in [0, 0.1) is 6.92 Å². The molecule has 1 saturated heterocycles. The predicted octanol–water partition coefficient (Wildman–Crippen LogP) is 1.61. The summed E-state index contributed by atoms with van der Waals surface area (Å²) in [5.74, 6) is 1.16. The smallest absolute Gasteiger partial charge is 0.247 e. The topological polar surface area (TPSA) is 62.4 Å². The summed E-state index contributed by atoms with van der Waals surface area (Å²) in [6.45, 7) is 4.20. The van der Waals surface area contributed by atoms with Crippen molar-refractivity contribution in [1.29, 1.82) is 0 Å². The molecule has 1 aliphatic rings. The molecule has 1 fully saturated rings. The lowest BCUT2D eigenvalue weighted by atomic mass is 10.1. The number of aromatic nitrogens is 2. The highest BCUT2D eigenvalue weighted by Gasteiger charge is 2.22. The summed E-state index contributed by atoms with van der Waals surface area (Å²) in [6, 6.07) is 8.00. The maximum atomic E-state index is 9.48. The summed E-state index contributed by atoms with van der Waals surface area (Å²) >= 11 is 0. The summed E-state index contributed by atoms with van der Waals surface area (Å²) in [5.41, 5.74) is 2.11. The van der Waals surface area contributed by atoms with Crippen molar-refractivity contribution in [3.63, 3.8) is 0 Å². The molecular weight excluding hydrogens is 242 g/mol. The van der Waals surface area contributed by atoms with Crippen molar-refractivity contribution < 1.29 is 9.52 Å². The summed E-state index contributed by atoms with van der Waals surface area (Å²) < 4.78 is 5.68. The van der Waals surface area contributed by atoms with Gasteiger partial charge in [-0.05, 0) is 25.5 Å². The number of aliphatic hydroxyl groups excluding tert-OH is 1. The number of hydrogen-bond donors (Lipinski definition) is 1. The third-order valence-corrected chi connectivity index (χ3v) is 3.34. The predicted molar refractivity (Wildman–Crippen MR) is 70.4 cm³/mol. The molecule has 5 heteroatoms. The van der Waals surface area contributed by atoms with Crippen LogP contribution in [-0.2, 0) is 6.54 Å². The van der Waals surface area contributed by atoms with Gasteiger partial charge in [0.1, 0.15) is 0 Å². The molecule has 0 radical (unpaired) electrons. The van der Waals surface area contributed by atoms with Crippen LogP contribution in [0.3, 0.4) is 0 Å². The van der Waals surface area contributed by atoms with E-state index in [1.807, 2.05) is 31.2 Å². The Balaban J connectivity index is 1.73. The van der Waals surface area contributed by atoms with Crippen molar-refractivity contribution in [2.45, 2.75) is 26.0 Å². The molecule has 5 nitrogen and oxygen atoms in total. The maximum absolute atomic E-state index is 9.48. The van der Waals surface area contributed by atoms with Crippen LogP contribution in [0.4, 0.5) is 0 Å². The molecule has 0 saturated carbocycles. The van der Waals surface area contributed by atoms with Crippen LogP contribution >= 0.6 is 0 Å². The van der Waals surface area contributed by atoms with Crippen LogP contribution in [-0.4, -0.2) is 39.4 Å². The number of β-amino-alcohol motifs (C(OH)–C–C–N with tert-alkyl or cyclic N) is 1. The second-order valence-electron chi connectivity index (χ2n) is 5.05. The van der Waals surface area contributed by atoms with Crippen molar-refractivity contribution in [3.8, 4) is 11.5 Å². The van der Waals surface area contributed by atoms with Crippen molar-refractivity contribution in [3.05, 3.63) is 35.7 Å². The first-order valence-electron chi connectivity index (χ1n) is 6.50.